The highest BCUT2D eigenvalue weighted by Crippen LogP contribution is 2.31. The van der Waals surface area contributed by atoms with Gasteiger partial charge < -0.3 is 4.79 Å². The first kappa shape index (κ1) is 13.5. The maximum absolute atomic E-state index is 11.1. The third kappa shape index (κ3) is 4.51. The van der Waals surface area contributed by atoms with Crippen LogP contribution in [0.4, 0.5) is 0 Å². The molecule has 0 unspecified atom stereocenters. The molecule has 0 aromatic carbocycles. The average Bonchev–Trinajstić information content (AvgIpc) is 2.34. The second kappa shape index (κ2) is 7.65. The normalized spacial score (nSPS) is 22.1. The molecule has 0 N–H and O–H groups in total. The lowest BCUT2D eigenvalue weighted by molar-refractivity contribution is -0.112. The van der Waals surface area contributed by atoms with Crippen LogP contribution in [0.25, 0.3) is 0 Å². The van der Waals surface area contributed by atoms with Gasteiger partial charge in [-0.1, -0.05) is 58.1 Å². The van der Waals surface area contributed by atoms with E-state index in [1.165, 1.54) is 38.4 Å². The summed E-state index contributed by atoms with van der Waals surface area (Å²) in [4.78, 5) is 11.1. The molecule has 1 aliphatic rings. The van der Waals surface area contributed by atoms with Gasteiger partial charge in [0.1, 0.15) is 6.29 Å². The van der Waals surface area contributed by atoms with Crippen molar-refractivity contribution in [2.24, 2.45) is 17.8 Å². The van der Waals surface area contributed by atoms with Crippen LogP contribution in [-0.4, -0.2) is 6.29 Å². The summed E-state index contributed by atoms with van der Waals surface area (Å²) in [5.74, 6) is 1.46. The maximum atomic E-state index is 11.1. The first-order valence-corrected chi connectivity index (χ1v) is 6.89. The van der Waals surface area contributed by atoms with Crippen molar-refractivity contribution in [2.75, 3.05) is 0 Å². The van der Waals surface area contributed by atoms with Gasteiger partial charge in [-0.15, -0.1) is 0 Å². The predicted molar refractivity (Wildman–Crippen MR) is 69.3 cm³/mol. The Kier molecular flexibility index (Phi) is 6.44. The molecule has 0 saturated heterocycles. The highest BCUT2D eigenvalue weighted by Gasteiger charge is 2.21. The molecular formula is C15H26O. The number of rotatable bonds is 6. The minimum absolute atomic E-state index is 0.242. The number of aldehydes is 1. The average molecular weight is 222 g/mol. The summed E-state index contributed by atoms with van der Waals surface area (Å²) >= 11 is 0. The molecule has 0 amide bonds. The Morgan fingerprint density at radius 1 is 1.25 bits per heavy atom. The molecule has 2 atom stereocenters. The lowest BCUT2D eigenvalue weighted by Gasteiger charge is -2.25. The van der Waals surface area contributed by atoms with Crippen LogP contribution in [0.5, 0.6) is 0 Å². The third-order valence-corrected chi connectivity index (χ3v) is 3.86. The SMILES string of the molecule is CC/C=C/[C@H](C)[C@@H](C=O)CC1CCCCC1. The van der Waals surface area contributed by atoms with Crippen LogP contribution >= 0.6 is 0 Å². The van der Waals surface area contributed by atoms with Crippen molar-refractivity contribution in [1.29, 1.82) is 0 Å². The molecule has 1 heteroatoms. The van der Waals surface area contributed by atoms with E-state index in [-0.39, 0.29) is 5.92 Å². The lowest BCUT2D eigenvalue weighted by atomic mass is 9.79. The van der Waals surface area contributed by atoms with E-state index < -0.39 is 0 Å². The first-order valence-electron chi connectivity index (χ1n) is 6.89. The van der Waals surface area contributed by atoms with E-state index in [9.17, 15) is 4.79 Å². The molecule has 1 nitrogen and oxygen atoms in total. The van der Waals surface area contributed by atoms with Gasteiger partial charge in [0.05, 0.1) is 0 Å². The molecule has 92 valence electrons. The van der Waals surface area contributed by atoms with Crippen LogP contribution in [0.15, 0.2) is 12.2 Å². The Morgan fingerprint density at radius 3 is 2.50 bits per heavy atom. The summed E-state index contributed by atoms with van der Waals surface area (Å²) in [5.41, 5.74) is 0. The molecule has 1 rings (SSSR count). The van der Waals surface area contributed by atoms with Crippen LogP contribution < -0.4 is 0 Å². The standard InChI is InChI=1S/C15H26O/c1-3-4-8-13(2)15(12-16)11-14-9-6-5-7-10-14/h4,8,12-15H,3,5-7,9-11H2,1-2H3/b8-4+/t13-,15+/m0/s1. The number of hydrogen-bond donors (Lipinski definition) is 0. The van der Waals surface area contributed by atoms with Gasteiger partial charge in [0.15, 0.2) is 0 Å². The Morgan fingerprint density at radius 2 is 1.94 bits per heavy atom. The molecule has 0 spiro atoms. The van der Waals surface area contributed by atoms with Gasteiger partial charge in [0, 0.05) is 5.92 Å². The number of allylic oxidation sites excluding steroid dienone is 2. The van der Waals surface area contributed by atoms with E-state index in [1.807, 2.05) is 0 Å². The topological polar surface area (TPSA) is 17.1 Å². The highest BCUT2D eigenvalue weighted by molar-refractivity contribution is 5.54. The van der Waals surface area contributed by atoms with Crippen LogP contribution in [-0.2, 0) is 4.79 Å². The van der Waals surface area contributed by atoms with Gasteiger partial charge in [0.2, 0.25) is 0 Å². The van der Waals surface area contributed by atoms with E-state index in [4.69, 9.17) is 0 Å². The highest BCUT2D eigenvalue weighted by atomic mass is 16.1. The second-order valence-corrected chi connectivity index (χ2v) is 5.24. The number of carbonyl (C=O) groups is 1. The minimum Gasteiger partial charge on any atom is -0.303 e. The quantitative estimate of drug-likeness (QED) is 0.481. The Hall–Kier alpha value is -0.590. The van der Waals surface area contributed by atoms with Gasteiger partial charge in [-0.2, -0.15) is 0 Å². The molecule has 0 bridgehead atoms. The van der Waals surface area contributed by atoms with Gasteiger partial charge >= 0.3 is 0 Å². The summed E-state index contributed by atoms with van der Waals surface area (Å²) < 4.78 is 0. The summed E-state index contributed by atoms with van der Waals surface area (Å²) in [6, 6.07) is 0. The van der Waals surface area contributed by atoms with Crippen molar-refractivity contribution in [3.8, 4) is 0 Å². The molecule has 0 radical (unpaired) electrons. The fraction of sp³-hybridized carbons (Fsp3) is 0.800. The molecule has 1 aliphatic carbocycles. The molecule has 1 saturated carbocycles. The molecular weight excluding hydrogens is 196 g/mol. The van der Waals surface area contributed by atoms with Crippen molar-refractivity contribution in [3.63, 3.8) is 0 Å². The maximum Gasteiger partial charge on any atom is 0.123 e. The van der Waals surface area contributed by atoms with Crippen molar-refractivity contribution in [1.82, 2.24) is 0 Å². The molecule has 16 heavy (non-hydrogen) atoms. The zero-order valence-corrected chi connectivity index (χ0v) is 10.8. The molecule has 0 aromatic heterocycles. The fourth-order valence-electron chi connectivity index (χ4n) is 2.70. The second-order valence-electron chi connectivity index (χ2n) is 5.24. The van der Waals surface area contributed by atoms with Crippen LogP contribution in [0.2, 0.25) is 0 Å². The van der Waals surface area contributed by atoms with Crippen molar-refractivity contribution < 1.29 is 4.79 Å². The van der Waals surface area contributed by atoms with Crippen LogP contribution in [0.1, 0.15) is 58.8 Å². The fourth-order valence-corrected chi connectivity index (χ4v) is 2.70. The van der Waals surface area contributed by atoms with Crippen LogP contribution in [0, 0.1) is 17.8 Å². The van der Waals surface area contributed by atoms with Crippen LogP contribution in [0.3, 0.4) is 0 Å². The summed E-state index contributed by atoms with van der Waals surface area (Å²) in [5, 5.41) is 0. The van der Waals surface area contributed by atoms with E-state index in [2.05, 4.69) is 26.0 Å². The van der Waals surface area contributed by atoms with E-state index in [0.717, 1.165) is 18.8 Å². The summed E-state index contributed by atoms with van der Waals surface area (Å²) in [6.07, 6.45) is 14.6. The Labute approximate surface area is 100 Å². The van der Waals surface area contributed by atoms with E-state index in [0.29, 0.717) is 5.92 Å². The van der Waals surface area contributed by atoms with E-state index >= 15 is 0 Å². The zero-order valence-electron chi connectivity index (χ0n) is 10.8. The number of hydrogen-bond acceptors (Lipinski definition) is 1. The summed E-state index contributed by atoms with van der Waals surface area (Å²) in [7, 11) is 0. The largest absolute Gasteiger partial charge is 0.303 e. The van der Waals surface area contributed by atoms with Gasteiger partial charge in [-0.05, 0) is 24.7 Å². The lowest BCUT2D eigenvalue weighted by Crippen LogP contribution is -2.18. The van der Waals surface area contributed by atoms with Crippen molar-refractivity contribution in [2.45, 2.75) is 58.8 Å². The molecule has 1 fully saturated rings. The molecule has 0 aromatic rings. The third-order valence-electron chi connectivity index (χ3n) is 3.86. The minimum atomic E-state index is 0.242. The smallest absolute Gasteiger partial charge is 0.123 e. The zero-order chi connectivity index (χ0) is 11.8. The van der Waals surface area contributed by atoms with Crippen molar-refractivity contribution >= 4 is 6.29 Å². The number of carbonyl (C=O) groups excluding carboxylic acids is 1. The Balaban J connectivity index is 2.40. The summed E-state index contributed by atoms with van der Waals surface area (Å²) in [6.45, 7) is 4.31. The van der Waals surface area contributed by atoms with Gasteiger partial charge in [-0.25, -0.2) is 0 Å². The van der Waals surface area contributed by atoms with Gasteiger partial charge in [0.25, 0.3) is 0 Å². The first-order chi connectivity index (χ1) is 7.77. The molecule has 0 heterocycles. The van der Waals surface area contributed by atoms with Crippen molar-refractivity contribution in [3.05, 3.63) is 12.2 Å². The van der Waals surface area contributed by atoms with Gasteiger partial charge in [-0.3, -0.25) is 0 Å². The molecule has 0 aliphatic heterocycles. The monoisotopic (exact) mass is 222 g/mol. The van der Waals surface area contributed by atoms with E-state index in [1.54, 1.807) is 0 Å². The predicted octanol–water partition coefficient (Wildman–Crippen LogP) is 4.37. The Bertz CT molecular complexity index is 213.